The zero-order chi connectivity index (χ0) is 12.7. The summed E-state index contributed by atoms with van der Waals surface area (Å²) in [6.07, 6.45) is 6.31. The van der Waals surface area contributed by atoms with Gasteiger partial charge in [-0.1, -0.05) is 33.1 Å². The minimum atomic E-state index is -0.0220. The van der Waals surface area contributed by atoms with Gasteiger partial charge in [-0.25, -0.2) is 0 Å². The smallest absolute Gasteiger partial charge is 0.254 e. The van der Waals surface area contributed by atoms with Gasteiger partial charge in [0.15, 0.2) is 0 Å². The molecule has 3 heteroatoms. The fourth-order valence-electron chi connectivity index (χ4n) is 1.90. The van der Waals surface area contributed by atoms with E-state index in [0.717, 1.165) is 13.0 Å². The number of hydrogen-bond acceptors (Lipinski definition) is 2. The van der Waals surface area contributed by atoms with Gasteiger partial charge in [0.05, 0.1) is 11.8 Å². The first-order valence-electron chi connectivity index (χ1n) is 6.51. The Labute approximate surface area is 104 Å². The first kappa shape index (κ1) is 13.8. The third-order valence-corrected chi connectivity index (χ3v) is 3.20. The van der Waals surface area contributed by atoms with Gasteiger partial charge in [0.2, 0.25) is 0 Å². The van der Waals surface area contributed by atoms with Crippen LogP contribution >= 0.6 is 0 Å². The van der Waals surface area contributed by atoms with Gasteiger partial charge in [-0.05, 0) is 25.3 Å². The Kier molecular flexibility index (Phi) is 5.81. The molecule has 0 aliphatic rings. The second-order valence-corrected chi connectivity index (χ2v) is 4.52. The molecular formula is C14H23NO2. The van der Waals surface area contributed by atoms with Crippen LogP contribution in [0.1, 0.15) is 55.6 Å². The highest BCUT2D eigenvalue weighted by molar-refractivity contribution is 5.94. The van der Waals surface area contributed by atoms with Crippen LogP contribution in [0, 0.1) is 12.8 Å². The average Bonchev–Trinajstić information content (AvgIpc) is 2.75. The zero-order valence-electron chi connectivity index (χ0n) is 11.1. The summed E-state index contributed by atoms with van der Waals surface area (Å²) in [4.78, 5) is 11.8. The number of amides is 1. The van der Waals surface area contributed by atoms with Gasteiger partial charge in [0.1, 0.15) is 5.76 Å². The van der Waals surface area contributed by atoms with E-state index in [1.165, 1.54) is 19.3 Å². The van der Waals surface area contributed by atoms with Gasteiger partial charge in [0.25, 0.3) is 5.91 Å². The molecular weight excluding hydrogens is 214 g/mol. The average molecular weight is 237 g/mol. The third-order valence-electron chi connectivity index (χ3n) is 3.20. The van der Waals surface area contributed by atoms with E-state index in [9.17, 15) is 4.79 Å². The van der Waals surface area contributed by atoms with Crippen molar-refractivity contribution in [3.63, 3.8) is 0 Å². The van der Waals surface area contributed by atoms with Crippen molar-refractivity contribution in [3.05, 3.63) is 23.7 Å². The highest BCUT2D eigenvalue weighted by Crippen LogP contribution is 2.12. The molecule has 0 radical (unpaired) electrons. The van der Waals surface area contributed by atoms with Gasteiger partial charge in [0, 0.05) is 6.54 Å². The molecule has 0 fully saturated rings. The van der Waals surface area contributed by atoms with E-state index in [0.29, 0.717) is 17.2 Å². The second kappa shape index (κ2) is 7.15. The highest BCUT2D eigenvalue weighted by Gasteiger charge is 2.13. The Morgan fingerprint density at radius 1 is 1.47 bits per heavy atom. The molecule has 1 unspecified atom stereocenters. The van der Waals surface area contributed by atoms with Crippen molar-refractivity contribution >= 4 is 5.91 Å². The molecule has 1 N–H and O–H groups in total. The molecule has 17 heavy (non-hydrogen) atoms. The molecule has 3 nitrogen and oxygen atoms in total. The molecule has 1 rings (SSSR count). The Balaban J connectivity index is 2.39. The van der Waals surface area contributed by atoms with E-state index in [1.54, 1.807) is 12.3 Å². The fraction of sp³-hybridized carbons (Fsp3) is 0.643. The largest absolute Gasteiger partial charge is 0.469 e. The molecule has 1 heterocycles. The molecule has 1 aromatic heterocycles. The summed E-state index contributed by atoms with van der Waals surface area (Å²) in [5.74, 6) is 1.25. The minimum Gasteiger partial charge on any atom is -0.469 e. The van der Waals surface area contributed by atoms with Gasteiger partial charge in [-0.2, -0.15) is 0 Å². The van der Waals surface area contributed by atoms with Crippen LogP contribution < -0.4 is 5.32 Å². The summed E-state index contributed by atoms with van der Waals surface area (Å²) < 4.78 is 5.12. The molecule has 1 aromatic rings. The van der Waals surface area contributed by atoms with Crippen molar-refractivity contribution in [3.8, 4) is 0 Å². The Hall–Kier alpha value is -1.25. The van der Waals surface area contributed by atoms with Crippen LogP contribution in [0.25, 0.3) is 0 Å². The Morgan fingerprint density at radius 3 is 2.76 bits per heavy atom. The van der Waals surface area contributed by atoms with Crippen LogP contribution in [0.15, 0.2) is 16.7 Å². The van der Waals surface area contributed by atoms with Gasteiger partial charge in [-0.3, -0.25) is 4.79 Å². The summed E-state index contributed by atoms with van der Waals surface area (Å²) in [6.45, 7) is 6.94. The molecule has 0 aliphatic carbocycles. The summed E-state index contributed by atoms with van der Waals surface area (Å²) in [5.41, 5.74) is 0.648. The molecule has 0 spiro atoms. The van der Waals surface area contributed by atoms with E-state index in [2.05, 4.69) is 19.2 Å². The van der Waals surface area contributed by atoms with Crippen LogP contribution in [-0.2, 0) is 0 Å². The van der Waals surface area contributed by atoms with Crippen molar-refractivity contribution in [1.29, 1.82) is 0 Å². The topological polar surface area (TPSA) is 42.2 Å². The number of hydrogen-bond donors (Lipinski definition) is 1. The fourth-order valence-corrected chi connectivity index (χ4v) is 1.90. The first-order valence-corrected chi connectivity index (χ1v) is 6.51. The van der Waals surface area contributed by atoms with Crippen molar-refractivity contribution in [1.82, 2.24) is 5.32 Å². The lowest BCUT2D eigenvalue weighted by molar-refractivity contribution is 0.0944. The number of rotatable bonds is 7. The first-order chi connectivity index (χ1) is 8.19. The molecule has 1 amide bonds. The normalized spacial score (nSPS) is 12.4. The Morgan fingerprint density at radius 2 is 2.24 bits per heavy atom. The second-order valence-electron chi connectivity index (χ2n) is 4.52. The number of carbonyl (C=O) groups is 1. The van der Waals surface area contributed by atoms with E-state index >= 15 is 0 Å². The molecule has 0 saturated heterocycles. The highest BCUT2D eigenvalue weighted by atomic mass is 16.3. The standard InChI is InChI=1S/C14H23NO2/c1-4-6-7-12(5-2)10-15-14(16)13-8-9-17-11(13)3/h8-9,12H,4-7,10H2,1-3H3,(H,15,16). The van der Waals surface area contributed by atoms with E-state index in [1.807, 2.05) is 6.92 Å². The monoisotopic (exact) mass is 237 g/mol. The zero-order valence-corrected chi connectivity index (χ0v) is 11.1. The van der Waals surface area contributed by atoms with Gasteiger partial charge < -0.3 is 9.73 Å². The number of unbranched alkanes of at least 4 members (excludes halogenated alkanes) is 1. The van der Waals surface area contributed by atoms with Crippen molar-refractivity contribution in [2.75, 3.05) is 6.54 Å². The lowest BCUT2D eigenvalue weighted by Gasteiger charge is -2.14. The number of nitrogens with one attached hydrogen (secondary N) is 1. The van der Waals surface area contributed by atoms with Crippen LogP contribution in [0.3, 0.4) is 0 Å². The molecule has 0 aliphatic heterocycles. The van der Waals surface area contributed by atoms with Crippen LogP contribution in [0.5, 0.6) is 0 Å². The van der Waals surface area contributed by atoms with Crippen LogP contribution in [0.4, 0.5) is 0 Å². The molecule has 96 valence electrons. The quantitative estimate of drug-likeness (QED) is 0.788. The lowest BCUT2D eigenvalue weighted by atomic mass is 9.99. The summed E-state index contributed by atoms with van der Waals surface area (Å²) in [5, 5.41) is 2.99. The third kappa shape index (κ3) is 4.25. The van der Waals surface area contributed by atoms with Crippen LogP contribution in [0.2, 0.25) is 0 Å². The maximum absolute atomic E-state index is 11.8. The molecule has 0 bridgehead atoms. The predicted octanol–water partition coefficient (Wildman–Crippen LogP) is 3.53. The molecule has 0 saturated carbocycles. The number of carbonyl (C=O) groups excluding carboxylic acids is 1. The predicted molar refractivity (Wildman–Crippen MR) is 69.1 cm³/mol. The SMILES string of the molecule is CCCCC(CC)CNC(=O)c1ccoc1C. The summed E-state index contributed by atoms with van der Waals surface area (Å²) in [7, 11) is 0. The number of furan rings is 1. The van der Waals surface area contributed by atoms with E-state index < -0.39 is 0 Å². The van der Waals surface area contributed by atoms with Gasteiger partial charge in [-0.15, -0.1) is 0 Å². The van der Waals surface area contributed by atoms with Crippen LogP contribution in [-0.4, -0.2) is 12.5 Å². The van der Waals surface area contributed by atoms with E-state index in [4.69, 9.17) is 4.42 Å². The van der Waals surface area contributed by atoms with E-state index in [-0.39, 0.29) is 5.91 Å². The molecule has 0 aromatic carbocycles. The maximum atomic E-state index is 11.8. The Bertz CT molecular complexity index is 344. The summed E-state index contributed by atoms with van der Waals surface area (Å²) in [6, 6.07) is 1.72. The van der Waals surface area contributed by atoms with Crippen molar-refractivity contribution in [2.24, 2.45) is 5.92 Å². The van der Waals surface area contributed by atoms with Crippen molar-refractivity contribution < 1.29 is 9.21 Å². The minimum absolute atomic E-state index is 0.0220. The van der Waals surface area contributed by atoms with Gasteiger partial charge >= 0.3 is 0 Å². The van der Waals surface area contributed by atoms with Crippen molar-refractivity contribution in [2.45, 2.75) is 46.5 Å². The maximum Gasteiger partial charge on any atom is 0.254 e. The lowest BCUT2D eigenvalue weighted by Crippen LogP contribution is -2.29. The number of aryl methyl sites for hydroxylation is 1. The molecule has 1 atom stereocenters. The summed E-state index contributed by atoms with van der Waals surface area (Å²) >= 11 is 0.